The average molecular weight is 326 g/mol. The van der Waals surface area contributed by atoms with Gasteiger partial charge in [0.2, 0.25) is 10.0 Å². The van der Waals surface area contributed by atoms with E-state index in [-0.39, 0.29) is 17.4 Å². The zero-order chi connectivity index (χ0) is 16.0. The van der Waals surface area contributed by atoms with Gasteiger partial charge in [-0.3, -0.25) is 9.48 Å². The van der Waals surface area contributed by atoms with Crippen LogP contribution >= 0.6 is 0 Å². The third kappa shape index (κ3) is 3.03. The van der Waals surface area contributed by atoms with Gasteiger partial charge in [-0.1, -0.05) is 0 Å². The fourth-order valence-electron chi connectivity index (χ4n) is 3.71. The van der Waals surface area contributed by atoms with Crippen LogP contribution in [0.2, 0.25) is 0 Å². The Morgan fingerprint density at radius 2 is 2.00 bits per heavy atom. The highest BCUT2D eigenvalue weighted by Gasteiger charge is 2.47. The Kier molecular flexibility index (Phi) is 3.76. The highest BCUT2D eigenvalue weighted by molar-refractivity contribution is 7.88. The van der Waals surface area contributed by atoms with Crippen molar-refractivity contribution in [1.29, 1.82) is 0 Å². The molecule has 22 heavy (non-hydrogen) atoms. The van der Waals surface area contributed by atoms with E-state index >= 15 is 0 Å². The van der Waals surface area contributed by atoms with Crippen molar-refractivity contribution in [3.8, 4) is 0 Å². The lowest BCUT2D eigenvalue weighted by Crippen LogP contribution is -2.55. The fourth-order valence-corrected chi connectivity index (χ4v) is 4.48. The minimum Gasteiger partial charge on any atom is -0.337 e. The number of carbonyl (C=O) groups excluding carboxylic acids is 1. The molecule has 1 N–H and O–H groups in total. The minimum absolute atomic E-state index is 0.0278. The number of amides is 1. The lowest BCUT2D eigenvalue weighted by atomic mass is 9.60. The van der Waals surface area contributed by atoms with Gasteiger partial charge in [0.1, 0.15) is 5.69 Å². The molecule has 1 aliphatic heterocycles. The zero-order valence-corrected chi connectivity index (χ0v) is 13.8. The number of likely N-dealkylation sites (tertiary alicyclic amines) is 1. The molecule has 0 radical (unpaired) electrons. The quantitative estimate of drug-likeness (QED) is 0.869. The van der Waals surface area contributed by atoms with Crippen LogP contribution in [0.3, 0.4) is 0 Å². The Labute approximate surface area is 130 Å². The van der Waals surface area contributed by atoms with Crippen molar-refractivity contribution in [3.05, 3.63) is 18.0 Å². The molecule has 1 saturated carbocycles. The Bertz CT molecular complexity index is 666. The predicted molar refractivity (Wildman–Crippen MR) is 81.8 cm³/mol. The fraction of sp³-hybridized carbons (Fsp3) is 0.714. The topological polar surface area (TPSA) is 84.3 Å². The number of hydrogen-bond acceptors (Lipinski definition) is 4. The summed E-state index contributed by atoms with van der Waals surface area (Å²) in [6.07, 6.45) is 6.48. The molecule has 0 unspecified atom stereocenters. The standard InChI is InChI=1S/C14H22N4O3S/c1-17-12(3-6-15-17)13(19)18-7-4-14(5-8-18)9-11(10-14)16-22(2,20)21/h3,6,11,16H,4-5,7-10H2,1-2H3. The van der Waals surface area contributed by atoms with Gasteiger partial charge in [0.05, 0.1) is 6.26 Å². The average Bonchev–Trinajstić information content (AvgIpc) is 2.81. The van der Waals surface area contributed by atoms with E-state index < -0.39 is 10.0 Å². The number of aryl methyl sites for hydroxylation is 1. The van der Waals surface area contributed by atoms with Gasteiger partial charge in [0.25, 0.3) is 5.91 Å². The highest BCUT2D eigenvalue weighted by Crippen LogP contribution is 2.49. The van der Waals surface area contributed by atoms with Crippen molar-refractivity contribution >= 4 is 15.9 Å². The number of rotatable bonds is 3. The molecule has 0 aromatic carbocycles. The Morgan fingerprint density at radius 1 is 1.36 bits per heavy atom. The molecule has 1 spiro atoms. The molecular formula is C14H22N4O3S. The van der Waals surface area contributed by atoms with E-state index in [1.54, 1.807) is 24.0 Å². The largest absolute Gasteiger partial charge is 0.337 e. The Hall–Kier alpha value is -1.41. The second-order valence-corrected chi connectivity index (χ2v) is 8.41. The molecule has 1 aromatic heterocycles. The smallest absolute Gasteiger partial charge is 0.272 e. The number of nitrogens with one attached hydrogen (secondary N) is 1. The van der Waals surface area contributed by atoms with Crippen molar-refractivity contribution in [2.45, 2.75) is 31.7 Å². The molecule has 122 valence electrons. The summed E-state index contributed by atoms with van der Waals surface area (Å²) < 4.78 is 26.7. The van der Waals surface area contributed by atoms with Crippen LogP contribution < -0.4 is 4.72 Å². The summed E-state index contributed by atoms with van der Waals surface area (Å²) in [7, 11) is -1.35. The van der Waals surface area contributed by atoms with Gasteiger partial charge in [-0.05, 0) is 37.2 Å². The number of carbonyl (C=O) groups is 1. The SMILES string of the molecule is Cn1nccc1C(=O)N1CCC2(CC1)CC(NS(C)(=O)=O)C2. The van der Waals surface area contributed by atoms with E-state index in [1.807, 2.05) is 4.90 Å². The molecule has 2 fully saturated rings. The molecule has 2 aliphatic rings. The van der Waals surface area contributed by atoms with E-state index in [9.17, 15) is 13.2 Å². The number of nitrogens with zero attached hydrogens (tertiary/aromatic N) is 3. The van der Waals surface area contributed by atoms with Crippen molar-refractivity contribution in [3.63, 3.8) is 0 Å². The zero-order valence-electron chi connectivity index (χ0n) is 12.9. The maximum absolute atomic E-state index is 12.4. The second kappa shape index (κ2) is 5.34. The first-order valence-electron chi connectivity index (χ1n) is 7.53. The maximum Gasteiger partial charge on any atom is 0.272 e. The van der Waals surface area contributed by atoms with Gasteiger partial charge in [-0.15, -0.1) is 0 Å². The number of sulfonamides is 1. The first kappa shape index (κ1) is 15.5. The van der Waals surface area contributed by atoms with Gasteiger partial charge in [-0.2, -0.15) is 5.10 Å². The van der Waals surface area contributed by atoms with Crippen LogP contribution in [0.1, 0.15) is 36.2 Å². The molecule has 1 aliphatic carbocycles. The molecule has 8 heteroatoms. The van der Waals surface area contributed by atoms with Crippen molar-refractivity contribution in [1.82, 2.24) is 19.4 Å². The number of aromatic nitrogens is 2. The van der Waals surface area contributed by atoms with Crippen molar-refractivity contribution in [2.24, 2.45) is 12.5 Å². The summed E-state index contributed by atoms with van der Waals surface area (Å²) in [4.78, 5) is 14.3. The number of hydrogen-bond donors (Lipinski definition) is 1. The molecule has 2 heterocycles. The van der Waals surface area contributed by atoms with Crippen LogP contribution in [0.25, 0.3) is 0 Å². The summed E-state index contributed by atoms with van der Waals surface area (Å²) in [6, 6.07) is 1.80. The van der Waals surface area contributed by atoms with Crippen LogP contribution in [0.15, 0.2) is 12.3 Å². The van der Waals surface area contributed by atoms with Crippen LogP contribution in [0.5, 0.6) is 0 Å². The first-order valence-corrected chi connectivity index (χ1v) is 9.42. The van der Waals surface area contributed by atoms with Crippen LogP contribution in [0.4, 0.5) is 0 Å². The van der Waals surface area contributed by atoms with Gasteiger partial charge >= 0.3 is 0 Å². The molecule has 0 atom stereocenters. The van der Waals surface area contributed by atoms with Gasteiger partial charge in [-0.25, -0.2) is 13.1 Å². The van der Waals surface area contributed by atoms with E-state index in [0.29, 0.717) is 5.69 Å². The normalized spacial score (nSPS) is 21.8. The summed E-state index contributed by atoms with van der Waals surface area (Å²) in [6.45, 7) is 1.46. The van der Waals surface area contributed by atoms with Crippen LogP contribution in [0, 0.1) is 5.41 Å². The molecule has 3 rings (SSSR count). The molecule has 1 aromatic rings. The maximum atomic E-state index is 12.4. The number of piperidine rings is 1. The van der Waals surface area contributed by atoms with E-state index in [2.05, 4.69) is 9.82 Å². The predicted octanol–water partition coefficient (Wildman–Crippen LogP) is 0.354. The van der Waals surface area contributed by atoms with Gasteiger partial charge in [0.15, 0.2) is 0 Å². The summed E-state index contributed by atoms with van der Waals surface area (Å²) in [5.74, 6) is 0.0278. The molecule has 0 bridgehead atoms. The Morgan fingerprint density at radius 3 is 2.50 bits per heavy atom. The molecule has 7 nitrogen and oxygen atoms in total. The minimum atomic E-state index is -3.12. The third-order valence-corrected chi connectivity index (χ3v) is 5.65. The molecular weight excluding hydrogens is 304 g/mol. The summed E-state index contributed by atoms with van der Waals surface area (Å²) >= 11 is 0. The van der Waals surface area contributed by atoms with E-state index in [1.165, 1.54) is 6.26 Å². The lowest BCUT2D eigenvalue weighted by molar-refractivity contribution is 0.0133. The Balaban J connectivity index is 1.54. The van der Waals surface area contributed by atoms with E-state index in [4.69, 9.17) is 0 Å². The van der Waals surface area contributed by atoms with Gasteiger partial charge < -0.3 is 4.90 Å². The summed E-state index contributed by atoms with van der Waals surface area (Å²) in [5, 5.41) is 4.04. The molecule has 1 saturated heterocycles. The van der Waals surface area contributed by atoms with E-state index in [0.717, 1.165) is 38.8 Å². The van der Waals surface area contributed by atoms with Gasteiger partial charge in [0, 0.05) is 32.4 Å². The summed E-state index contributed by atoms with van der Waals surface area (Å²) in [5.41, 5.74) is 0.826. The molecule has 1 amide bonds. The highest BCUT2D eigenvalue weighted by atomic mass is 32.2. The van der Waals surface area contributed by atoms with Crippen LogP contribution in [-0.4, -0.2) is 54.4 Å². The second-order valence-electron chi connectivity index (χ2n) is 6.63. The first-order chi connectivity index (χ1) is 10.3. The van der Waals surface area contributed by atoms with Crippen molar-refractivity contribution < 1.29 is 13.2 Å². The monoisotopic (exact) mass is 326 g/mol. The van der Waals surface area contributed by atoms with Crippen molar-refractivity contribution in [2.75, 3.05) is 19.3 Å². The lowest BCUT2D eigenvalue weighted by Gasteiger charge is -2.52. The van der Waals surface area contributed by atoms with Crippen LogP contribution in [-0.2, 0) is 17.1 Å². The third-order valence-electron chi connectivity index (χ3n) is 4.89.